The van der Waals surface area contributed by atoms with E-state index in [9.17, 15) is 18.0 Å². The van der Waals surface area contributed by atoms with Gasteiger partial charge in [0.25, 0.3) is 21.8 Å². The lowest BCUT2D eigenvalue weighted by molar-refractivity contribution is -0.119. The summed E-state index contributed by atoms with van der Waals surface area (Å²) in [6.45, 7) is 1.08. The van der Waals surface area contributed by atoms with Crippen LogP contribution in [0.3, 0.4) is 0 Å². The molecule has 2 N–H and O–H groups in total. The molecule has 0 saturated heterocycles. The number of nitrogens with one attached hydrogen (secondary N) is 2. The van der Waals surface area contributed by atoms with Crippen LogP contribution in [0.2, 0.25) is 10.0 Å². The van der Waals surface area contributed by atoms with Crippen molar-refractivity contribution in [2.24, 2.45) is 5.10 Å². The van der Waals surface area contributed by atoms with Gasteiger partial charge in [0.15, 0.2) is 0 Å². The molecule has 40 heavy (non-hydrogen) atoms. The van der Waals surface area contributed by atoms with Crippen molar-refractivity contribution in [2.75, 3.05) is 16.2 Å². The van der Waals surface area contributed by atoms with Crippen LogP contribution in [-0.4, -0.2) is 32.5 Å². The maximum Gasteiger partial charge on any atom is 0.264 e. The van der Waals surface area contributed by atoms with Gasteiger partial charge in [0.2, 0.25) is 0 Å². The molecule has 4 aromatic rings. The maximum atomic E-state index is 13.5. The first-order chi connectivity index (χ1) is 19.1. The van der Waals surface area contributed by atoms with Gasteiger partial charge in [-0.3, -0.25) is 13.9 Å². The third kappa shape index (κ3) is 7.06. The second-order valence-electron chi connectivity index (χ2n) is 8.55. The van der Waals surface area contributed by atoms with Crippen LogP contribution >= 0.6 is 23.2 Å². The van der Waals surface area contributed by atoms with E-state index >= 15 is 0 Å². The molecule has 8 nitrogen and oxygen atoms in total. The van der Waals surface area contributed by atoms with E-state index < -0.39 is 22.5 Å². The van der Waals surface area contributed by atoms with Crippen molar-refractivity contribution in [3.8, 4) is 0 Å². The molecule has 204 valence electrons. The molecular weight excluding hydrogens is 571 g/mol. The lowest BCUT2D eigenvalue weighted by Gasteiger charge is -2.24. The summed E-state index contributed by atoms with van der Waals surface area (Å²) in [5, 5.41) is 7.35. The maximum absolute atomic E-state index is 13.5. The number of hydrazone groups is 1. The number of benzene rings is 4. The Labute approximate surface area is 242 Å². The summed E-state index contributed by atoms with van der Waals surface area (Å²) in [4.78, 5) is 25.4. The van der Waals surface area contributed by atoms with Gasteiger partial charge in [-0.1, -0.05) is 71.7 Å². The molecule has 0 spiro atoms. The van der Waals surface area contributed by atoms with E-state index in [1.165, 1.54) is 30.3 Å². The average molecular weight is 596 g/mol. The van der Waals surface area contributed by atoms with Gasteiger partial charge in [0.05, 0.1) is 21.3 Å². The van der Waals surface area contributed by atoms with Crippen LogP contribution in [0, 0.1) is 0 Å². The Morgan fingerprint density at radius 3 is 2.15 bits per heavy atom. The Morgan fingerprint density at radius 2 is 1.48 bits per heavy atom. The van der Waals surface area contributed by atoms with E-state index in [4.69, 9.17) is 23.2 Å². The SMILES string of the molecule is C/C(=N/NC(=O)CN(c1ccc(Cl)cc1Cl)S(=O)(=O)c1ccccc1)c1cccc(NC(=O)c2ccccc2)c1. The number of halogens is 2. The molecule has 0 aliphatic rings. The number of amides is 2. The molecule has 0 bridgehead atoms. The molecule has 0 aliphatic carbocycles. The molecule has 4 rings (SSSR count). The first-order valence-electron chi connectivity index (χ1n) is 12.0. The number of nitrogens with zero attached hydrogens (tertiary/aromatic N) is 2. The summed E-state index contributed by atoms with van der Waals surface area (Å²) < 4.78 is 27.9. The topological polar surface area (TPSA) is 108 Å². The second kappa shape index (κ2) is 12.8. The van der Waals surface area contributed by atoms with Crippen molar-refractivity contribution in [3.63, 3.8) is 0 Å². The van der Waals surface area contributed by atoms with E-state index in [1.807, 2.05) is 6.07 Å². The molecule has 11 heteroatoms. The number of hydrogen-bond acceptors (Lipinski definition) is 5. The van der Waals surface area contributed by atoms with Gasteiger partial charge >= 0.3 is 0 Å². The van der Waals surface area contributed by atoms with Gasteiger partial charge in [-0.2, -0.15) is 5.10 Å². The quantitative estimate of drug-likeness (QED) is 0.183. The molecule has 0 radical (unpaired) electrons. The van der Waals surface area contributed by atoms with E-state index in [2.05, 4.69) is 15.8 Å². The molecule has 2 amide bonds. The fraction of sp³-hybridized carbons (Fsp3) is 0.0690. The summed E-state index contributed by atoms with van der Waals surface area (Å²) >= 11 is 12.3. The number of hydrogen-bond donors (Lipinski definition) is 2. The fourth-order valence-corrected chi connectivity index (χ4v) is 5.72. The lowest BCUT2D eigenvalue weighted by Crippen LogP contribution is -2.40. The van der Waals surface area contributed by atoms with Crippen LogP contribution in [0.5, 0.6) is 0 Å². The fourth-order valence-electron chi connectivity index (χ4n) is 3.69. The minimum absolute atomic E-state index is 0.0112. The van der Waals surface area contributed by atoms with Gasteiger partial charge in [-0.25, -0.2) is 13.8 Å². The van der Waals surface area contributed by atoms with Gasteiger partial charge in [0, 0.05) is 16.3 Å². The van der Waals surface area contributed by atoms with E-state index in [0.717, 1.165) is 4.31 Å². The van der Waals surface area contributed by atoms with Crippen LogP contribution < -0.4 is 15.0 Å². The van der Waals surface area contributed by atoms with Crippen molar-refractivity contribution in [1.82, 2.24) is 5.43 Å². The van der Waals surface area contributed by atoms with Crippen LogP contribution in [-0.2, 0) is 14.8 Å². The van der Waals surface area contributed by atoms with Gasteiger partial charge in [0.1, 0.15) is 6.54 Å². The summed E-state index contributed by atoms with van der Waals surface area (Å²) in [5.41, 5.74) is 4.64. The van der Waals surface area contributed by atoms with Crippen LogP contribution in [0.15, 0.2) is 113 Å². The third-order valence-electron chi connectivity index (χ3n) is 5.72. The highest BCUT2D eigenvalue weighted by molar-refractivity contribution is 7.92. The number of rotatable bonds is 9. The van der Waals surface area contributed by atoms with Crippen LogP contribution in [0.1, 0.15) is 22.8 Å². The molecule has 0 heterocycles. The third-order valence-corrected chi connectivity index (χ3v) is 8.03. The van der Waals surface area contributed by atoms with Gasteiger partial charge < -0.3 is 5.32 Å². The van der Waals surface area contributed by atoms with E-state index in [1.54, 1.807) is 73.7 Å². The first-order valence-corrected chi connectivity index (χ1v) is 14.2. The number of carbonyl (C=O) groups excluding carboxylic acids is 2. The molecule has 0 saturated carbocycles. The molecular formula is C29H24Cl2N4O4S. The highest BCUT2D eigenvalue weighted by Crippen LogP contribution is 2.32. The summed E-state index contributed by atoms with van der Waals surface area (Å²) in [6.07, 6.45) is 0. The standard InChI is InChI=1S/C29H24Cl2N4O4S/c1-20(22-11-8-12-24(17-22)32-29(37)21-9-4-2-5-10-21)33-34-28(36)19-35(27-16-15-23(30)18-26(27)31)40(38,39)25-13-6-3-7-14-25/h2-18H,19H2,1H3,(H,32,37)(H,34,36)/b33-20-. The summed E-state index contributed by atoms with van der Waals surface area (Å²) in [5.74, 6) is -0.959. The highest BCUT2D eigenvalue weighted by Gasteiger charge is 2.28. The molecule has 0 atom stereocenters. The number of sulfonamides is 1. The Bertz CT molecular complexity index is 1660. The Morgan fingerprint density at radius 1 is 0.825 bits per heavy atom. The van der Waals surface area contributed by atoms with E-state index in [0.29, 0.717) is 27.5 Å². The predicted octanol–water partition coefficient (Wildman–Crippen LogP) is 5.98. The zero-order valence-corrected chi connectivity index (χ0v) is 23.5. The van der Waals surface area contributed by atoms with Crippen molar-refractivity contribution >= 4 is 62.1 Å². The number of anilines is 2. The van der Waals surface area contributed by atoms with Crippen molar-refractivity contribution in [2.45, 2.75) is 11.8 Å². The summed E-state index contributed by atoms with van der Waals surface area (Å²) in [6, 6.07) is 27.8. The average Bonchev–Trinajstić information content (AvgIpc) is 2.96. The van der Waals surface area contributed by atoms with Crippen LogP contribution in [0.25, 0.3) is 0 Å². The molecule has 0 unspecified atom stereocenters. The number of carbonyl (C=O) groups is 2. The van der Waals surface area contributed by atoms with Gasteiger partial charge in [-0.15, -0.1) is 0 Å². The molecule has 0 fully saturated rings. The largest absolute Gasteiger partial charge is 0.322 e. The Kier molecular flexibility index (Phi) is 9.21. The summed E-state index contributed by atoms with van der Waals surface area (Å²) in [7, 11) is -4.16. The molecule has 4 aromatic carbocycles. The smallest absolute Gasteiger partial charge is 0.264 e. The zero-order chi connectivity index (χ0) is 28.7. The highest BCUT2D eigenvalue weighted by atomic mass is 35.5. The monoisotopic (exact) mass is 594 g/mol. The molecule has 0 aliphatic heterocycles. The van der Waals surface area contributed by atoms with Crippen molar-refractivity contribution < 1.29 is 18.0 Å². The predicted molar refractivity (Wildman–Crippen MR) is 159 cm³/mol. The van der Waals surface area contributed by atoms with Crippen molar-refractivity contribution in [1.29, 1.82) is 0 Å². The Hall–Kier alpha value is -4.18. The van der Waals surface area contributed by atoms with Gasteiger partial charge in [-0.05, 0) is 67.1 Å². The lowest BCUT2D eigenvalue weighted by atomic mass is 10.1. The van der Waals surface area contributed by atoms with Crippen molar-refractivity contribution in [3.05, 3.63) is 124 Å². The first kappa shape index (κ1) is 28.8. The molecule has 0 aromatic heterocycles. The minimum Gasteiger partial charge on any atom is -0.322 e. The second-order valence-corrected chi connectivity index (χ2v) is 11.3. The normalized spacial score (nSPS) is 11.5. The van der Waals surface area contributed by atoms with Crippen LogP contribution in [0.4, 0.5) is 11.4 Å². The zero-order valence-electron chi connectivity index (χ0n) is 21.2. The van der Waals surface area contributed by atoms with E-state index in [-0.39, 0.29) is 21.5 Å². The Balaban J connectivity index is 1.52. The minimum atomic E-state index is -4.16.